The van der Waals surface area contributed by atoms with Gasteiger partial charge in [-0.2, -0.15) is 0 Å². The van der Waals surface area contributed by atoms with Crippen molar-refractivity contribution < 1.29 is 18.7 Å². The highest BCUT2D eigenvalue weighted by atomic mass is 32.1. The topological polar surface area (TPSA) is 59.5 Å². The van der Waals surface area contributed by atoms with Gasteiger partial charge in [0.05, 0.1) is 22.5 Å². The van der Waals surface area contributed by atoms with Crippen molar-refractivity contribution in [2.45, 2.75) is 19.8 Å². The molecular weight excluding hydrogens is 427 g/mol. The average molecular weight is 449 g/mol. The lowest BCUT2D eigenvalue weighted by Gasteiger charge is -2.20. The number of Topliss-reactive ketones (excluding diaryl/α,β-unsaturated/α-hetero) is 1. The summed E-state index contributed by atoms with van der Waals surface area (Å²) < 4.78 is 20.1. The van der Waals surface area contributed by atoms with E-state index in [1.807, 2.05) is 24.3 Å². The summed E-state index contributed by atoms with van der Waals surface area (Å²) >= 11 is 1.41. The Morgan fingerprint density at radius 1 is 1.00 bits per heavy atom. The molecule has 0 unspecified atom stereocenters. The van der Waals surface area contributed by atoms with E-state index in [1.165, 1.54) is 35.3 Å². The third kappa shape index (κ3) is 5.00. The van der Waals surface area contributed by atoms with Crippen molar-refractivity contribution in [3.05, 3.63) is 84.2 Å². The maximum atomic E-state index is 13.4. The maximum absolute atomic E-state index is 13.4. The molecule has 7 heteroatoms. The van der Waals surface area contributed by atoms with E-state index in [0.29, 0.717) is 35.2 Å². The standard InChI is InChI=1S/C25H21FN2O3S/c1-17(29)18-8-14-21(15-9-18)31-16-4-7-24(30)28(20-12-10-19(26)11-13-20)25-27-22-5-2-3-6-23(22)32-25/h2-3,5-6,8-15H,4,7,16H2,1H3. The van der Waals surface area contributed by atoms with Gasteiger partial charge >= 0.3 is 0 Å². The van der Waals surface area contributed by atoms with Crippen LogP contribution in [0.4, 0.5) is 15.2 Å². The van der Waals surface area contributed by atoms with Crippen molar-refractivity contribution >= 4 is 44.1 Å². The molecule has 0 aliphatic heterocycles. The number of ether oxygens (including phenoxy) is 1. The number of rotatable bonds is 8. The van der Waals surface area contributed by atoms with Crippen LogP contribution in [0.3, 0.4) is 0 Å². The zero-order chi connectivity index (χ0) is 22.5. The highest BCUT2D eigenvalue weighted by molar-refractivity contribution is 7.22. The van der Waals surface area contributed by atoms with Gasteiger partial charge in [0.1, 0.15) is 11.6 Å². The van der Waals surface area contributed by atoms with Crippen LogP contribution in [0.5, 0.6) is 5.75 Å². The van der Waals surface area contributed by atoms with Crippen LogP contribution in [0.1, 0.15) is 30.1 Å². The molecule has 0 radical (unpaired) electrons. The van der Waals surface area contributed by atoms with E-state index in [0.717, 1.165) is 10.2 Å². The Balaban J connectivity index is 1.45. The van der Waals surface area contributed by atoms with Crippen LogP contribution in [-0.2, 0) is 4.79 Å². The van der Waals surface area contributed by atoms with Gasteiger partial charge in [0.2, 0.25) is 5.91 Å². The summed E-state index contributed by atoms with van der Waals surface area (Å²) in [6, 6.07) is 20.4. The van der Waals surface area contributed by atoms with Crippen molar-refractivity contribution in [1.29, 1.82) is 0 Å². The van der Waals surface area contributed by atoms with Gasteiger partial charge in [0.25, 0.3) is 0 Å². The molecule has 1 aromatic heterocycles. The normalized spacial score (nSPS) is 10.8. The fraction of sp³-hybridized carbons (Fsp3) is 0.160. The second kappa shape index (κ2) is 9.70. The number of ketones is 1. The maximum Gasteiger partial charge on any atom is 0.233 e. The predicted octanol–water partition coefficient (Wildman–Crippen LogP) is 6.16. The van der Waals surface area contributed by atoms with Gasteiger partial charge in [0, 0.05) is 12.0 Å². The highest BCUT2D eigenvalue weighted by Gasteiger charge is 2.21. The summed E-state index contributed by atoms with van der Waals surface area (Å²) in [5, 5.41) is 0.545. The average Bonchev–Trinajstić information content (AvgIpc) is 3.22. The number of carbonyl (C=O) groups excluding carboxylic acids is 2. The van der Waals surface area contributed by atoms with E-state index in [9.17, 15) is 14.0 Å². The Hall–Kier alpha value is -3.58. The van der Waals surface area contributed by atoms with Crippen LogP contribution in [-0.4, -0.2) is 23.3 Å². The summed E-state index contributed by atoms with van der Waals surface area (Å²) in [5.74, 6) is 0.128. The van der Waals surface area contributed by atoms with Crippen molar-refractivity contribution in [3.63, 3.8) is 0 Å². The third-order valence-corrected chi connectivity index (χ3v) is 5.89. The smallest absolute Gasteiger partial charge is 0.233 e. The van der Waals surface area contributed by atoms with Crippen molar-refractivity contribution in [2.24, 2.45) is 0 Å². The lowest BCUT2D eigenvalue weighted by atomic mass is 10.1. The number of thiazole rings is 1. The molecule has 1 amide bonds. The Kier molecular flexibility index (Phi) is 6.56. The first-order valence-electron chi connectivity index (χ1n) is 10.2. The molecule has 0 N–H and O–H groups in total. The van der Waals surface area contributed by atoms with Gasteiger partial charge < -0.3 is 4.74 Å². The van der Waals surface area contributed by atoms with Gasteiger partial charge in [-0.15, -0.1) is 0 Å². The molecule has 0 atom stereocenters. The molecule has 32 heavy (non-hydrogen) atoms. The minimum atomic E-state index is -0.366. The molecular formula is C25H21FN2O3S. The minimum absolute atomic E-state index is 0.00196. The molecule has 0 bridgehead atoms. The number of nitrogens with zero attached hydrogens (tertiary/aromatic N) is 2. The first-order chi connectivity index (χ1) is 15.5. The number of benzene rings is 3. The molecule has 162 valence electrons. The number of fused-ring (bicyclic) bond motifs is 1. The number of hydrogen-bond acceptors (Lipinski definition) is 5. The fourth-order valence-electron chi connectivity index (χ4n) is 3.22. The first-order valence-corrected chi connectivity index (χ1v) is 11.0. The lowest BCUT2D eigenvalue weighted by Crippen LogP contribution is -2.26. The number of aromatic nitrogens is 1. The summed E-state index contributed by atoms with van der Waals surface area (Å²) in [6.07, 6.45) is 0.731. The Morgan fingerprint density at radius 3 is 2.41 bits per heavy atom. The van der Waals surface area contributed by atoms with Gasteiger partial charge in [0.15, 0.2) is 10.9 Å². The molecule has 0 fully saturated rings. The van der Waals surface area contributed by atoms with Crippen LogP contribution < -0.4 is 9.64 Å². The third-order valence-electron chi connectivity index (χ3n) is 4.87. The molecule has 4 aromatic rings. The molecule has 4 rings (SSSR count). The highest BCUT2D eigenvalue weighted by Crippen LogP contribution is 2.34. The van der Waals surface area contributed by atoms with E-state index in [-0.39, 0.29) is 23.9 Å². The summed E-state index contributed by atoms with van der Waals surface area (Å²) in [6.45, 7) is 1.86. The second-order valence-electron chi connectivity index (χ2n) is 7.20. The number of amides is 1. The SMILES string of the molecule is CC(=O)c1ccc(OCCCC(=O)N(c2ccc(F)cc2)c2nc3ccccc3s2)cc1. The van der Waals surface area contributed by atoms with Crippen LogP contribution in [0, 0.1) is 5.82 Å². The molecule has 0 aliphatic carbocycles. The second-order valence-corrected chi connectivity index (χ2v) is 8.21. The van der Waals surface area contributed by atoms with Crippen LogP contribution in [0.15, 0.2) is 72.8 Å². The van der Waals surface area contributed by atoms with E-state index in [4.69, 9.17) is 4.74 Å². The Labute approximate surface area is 189 Å². The summed E-state index contributed by atoms with van der Waals surface area (Å²) in [4.78, 5) is 30.6. The number of hydrogen-bond donors (Lipinski definition) is 0. The number of para-hydroxylation sites is 1. The molecule has 0 saturated carbocycles. The van der Waals surface area contributed by atoms with Gasteiger partial charge in [-0.05, 0) is 74.0 Å². The number of halogens is 1. The quantitative estimate of drug-likeness (QED) is 0.239. The van der Waals surface area contributed by atoms with Crippen LogP contribution in [0.2, 0.25) is 0 Å². The summed E-state index contributed by atoms with van der Waals surface area (Å²) in [5.41, 5.74) is 2.00. The zero-order valence-electron chi connectivity index (χ0n) is 17.5. The molecule has 0 spiro atoms. The monoisotopic (exact) mass is 448 g/mol. The Morgan fingerprint density at radius 2 is 1.72 bits per heavy atom. The van der Waals surface area contributed by atoms with Crippen molar-refractivity contribution in [3.8, 4) is 5.75 Å². The van der Waals surface area contributed by atoms with Gasteiger partial charge in [-0.25, -0.2) is 9.37 Å². The van der Waals surface area contributed by atoms with Crippen molar-refractivity contribution in [2.75, 3.05) is 11.5 Å². The lowest BCUT2D eigenvalue weighted by molar-refractivity contribution is -0.118. The van der Waals surface area contributed by atoms with Gasteiger partial charge in [-0.1, -0.05) is 23.5 Å². The first kappa shape index (κ1) is 21.6. The van der Waals surface area contributed by atoms with E-state index >= 15 is 0 Å². The number of carbonyl (C=O) groups is 2. The number of anilines is 2. The fourth-order valence-corrected chi connectivity index (χ4v) is 4.22. The largest absolute Gasteiger partial charge is 0.494 e. The molecule has 0 aliphatic rings. The van der Waals surface area contributed by atoms with Crippen LogP contribution in [0.25, 0.3) is 10.2 Å². The molecule has 5 nitrogen and oxygen atoms in total. The van der Waals surface area contributed by atoms with E-state index < -0.39 is 0 Å². The van der Waals surface area contributed by atoms with Crippen molar-refractivity contribution in [1.82, 2.24) is 4.98 Å². The Bertz CT molecular complexity index is 1200. The molecule has 1 heterocycles. The van der Waals surface area contributed by atoms with Crippen LogP contribution >= 0.6 is 11.3 Å². The minimum Gasteiger partial charge on any atom is -0.494 e. The molecule has 0 saturated heterocycles. The van der Waals surface area contributed by atoms with E-state index in [1.54, 1.807) is 36.4 Å². The molecule has 3 aromatic carbocycles. The van der Waals surface area contributed by atoms with E-state index in [2.05, 4.69) is 4.98 Å². The zero-order valence-corrected chi connectivity index (χ0v) is 18.3. The predicted molar refractivity (Wildman–Crippen MR) is 124 cm³/mol. The summed E-state index contributed by atoms with van der Waals surface area (Å²) in [7, 11) is 0. The van der Waals surface area contributed by atoms with Gasteiger partial charge in [-0.3, -0.25) is 14.5 Å².